The molecule has 6 nitrogen and oxygen atoms in total. The van der Waals surface area contributed by atoms with E-state index in [1.165, 1.54) is 6.42 Å². The first-order chi connectivity index (χ1) is 13.5. The molecule has 0 bridgehead atoms. The largest absolute Gasteiger partial charge is 0.352 e. The number of pyridine rings is 1. The van der Waals surface area contributed by atoms with Gasteiger partial charge >= 0.3 is 0 Å². The zero-order valence-corrected chi connectivity index (χ0v) is 17.7. The van der Waals surface area contributed by atoms with Gasteiger partial charge in [-0.15, -0.1) is 0 Å². The molecule has 1 aromatic heterocycles. The molecule has 1 saturated carbocycles. The van der Waals surface area contributed by atoms with Crippen molar-refractivity contribution < 1.29 is 9.59 Å². The summed E-state index contributed by atoms with van der Waals surface area (Å²) in [4.78, 5) is 40.6. The van der Waals surface area contributed by atoms with Gasteiger partial charge in [0.2, 0.25) is 5.43 Å². The predicted molar refractivity (Wildman–Crippen MR) is 113 cm³/mol. The van der Waals surface area contributed by atoms with Crippen LogP contribution in [-0.4, -0.2) is 51.9 Å². The van der Waals surface area contributed by atoms with Crippen molar-refractivity contribution in [3.8, 4) is 0 Å². The molecule has 2 heterocycles. The molecule has 1 saturated heterocycles. The molecule has 0 atom stereocenters. The van der Waals surface area contributed by atoms with Crippen LogP contribution in [-0.2, 0) is 6.54 Å². The van der Waals surface area contributed by atoms with Crippen molar-refractivity contribution in [1.29, 1.82) is 0 Å². The van der Waals surface area contributed by atoms with Crippen molar-refractivity contribution >= 4 is 23.6 Å². The third kappa shape index (κ3) is 5.19. The topological polar surface area (TPSA) is 71.4 Å². The Hall–Kier alpha value is -1.76. The van der Waals surface area contributed by atoms with Gasteiger partial charge in [-0.2, -0.15) is 11.8 Å². The molecule has 0 aromatic carbocycles. The second-order valence-electron chi connectivity index (χ2n) is 8.22. The van der Waals surface area contributed by atoms with Crippen LogP contribution in [0.25, 0.3) is 0 Å². The van der Waals surface area contributed by atoms with Crippen LogP contribution in [0.3, 0.4) is 0 Å². The Balaban J connectivity index is 1.90. The molecule has 1 N–H and O–H groups in total. The van der Waals surface area contributed by atoms with Crippen LogP contribution in [0.2, 0.25) is 0 Å². The van der Waals surface area contributed by atoms with Gasteiger partial charge in [0.1, 0.15) is 11.1 Å². The fraction of sp³-hybridized carbons (Fsp3) is 0.667. The van der Waals surface area contributed by atoms with Gasteiger partial charge < -0.3 is 14.8 Å². The van der Waals surface area contributed by atoms with Gasteiger partial charge in [-0.3, -0.25) is 14.4 Å². The number of carbonyl (C=O) groups excluding carboxylic acids is 2. The average molecular weight is 406 g/mol. The molecule has 2 aliphatic rings. The summed E-state index contributed by atoms with van der Waals surface area (Å²) in [6.07, 6.45) is 8.56. The molecule has 1 aliphatic heterocycles. The summed E-state index contributed by atoms with van der Waals surface area (Å²) in [5, 5.41) is 3.02. The number of hydrogen-bond donors (Lipinski definition) is 1. The van der Waals surface area contributed by atoms with Crippen LogP contribution in [0.5, 0.6) is 0 Å². The van der Waals surface area contributed by atoms with E-state index in [1.54, 1.807) is 17.3 Å². The normalized spacial score (nSPS) is 18.3. The van der Waals surface area contributed by atoms with E-state index < -0.39 is 5.43 Å². The number of thioether (sulfide) groups is 1. The highest BCUT2D eigenvalue weighted by molar-refractivity contribution is 7.99. The first-order valence-electron chi connectivity index (χ1n) is 10.4. The van der Waals surface area contributed by atoms with Crippen LogP contribution in [0.1, 0.15) is 66.7 Å². The van der Waals surface area contributed by atoms with Gasteiger partial charge in [0.25, 0.3) is 11.8 Å². The van der Waals surface area contributed by atoms with Gasteiger partial charge in [0.05, 0.1) is 0 Å². The van der Waals surface area contributed by atoms with Crippen molar-refractivity contribution in [3.05, 3.63) is 33.7 Å². The maximum atomic E-state index is 13.0. The Bertz CT molecular complexity index is 763. The molecule has 1 aliphatic carbocycles. The van der Waals surface area contributed by atoms with Gasteiger partial charge in [0, 0.05) is 49.6 Å². The predicted octanol–water partition coefficient (Wildman–Crippen LogP) is 2.76. The minimum absolute atomic E-state index is 0.0865. The number of rotatable bonds is 5. The fourth-order valence-electron chi connectivity index (χ4n) is 3.92. The lowest BCUT2D eigenvalue weighted by molar-refractivity contribution is 0.0770. The van der Waals surface area contributed by atoms with Crippen molar-refractivity contribution in [2.45, 2.75) is 58.5 Å². The van der Waals surface area contributed by atoms with Crippen molar-refractivity contribution in [3.63, 3.8) is 0 Å². The molecule has 2 amide bonds. The van der Waals surface area contributed by atoms with Crippen LogP contribution < -0.4 is 10.7 Å². The lowest BCUT2D eigenvalue weighted by atomic mass is 9.95. The summed E-state index contributed by atoms with van der Waals surface area (Å²) in [5.74, 6) is 1.50. The summed E-state index contributed by atoms with van der Waals surface area (Å²) in [6, 6.07) is 0.123. The van der Waals surface area contributed by atoms with E-state index in [4.69, 9.17) is 0 Å². The van der Waals surface area contributed by atoms with E-state index in [0.717, 1.165) is 37.2 Å². The summed E-state index contributed by atoms with van der Waals surface area (Å²) in [7, 11) is 0. The Morgan fingerprint density at radius 2 is 1.75 bits per heavy atom. The average Bonchev–Trinajstić information content (AvgIpc) is 2.69. The summed E-state index contributed by atoms with van der Waals surface area (Å²) >= 11 is 1.81. The molecule has 2 fully saturated rings. The van der Waals surface area contributed by atoms with Crippen LogP contribution in [0.4, 0.5) is 0 Å². The van der Waals surface area contributed by atoms with Gasteiger partial charge in [-0.05, 0) is 18.8 Å². The first kappa shape index (κ1) is 21.0. The number of amides is 2. The fourth-order valence-corrected chi connectivity index (χ4v) is 4.82. The van der Waals surface area contributed by atoms with E-state index in [0.29, 0.717) is 25.6 Å². The third-order valence-electron chi connectivity index (χ3n) is 5.37. The van der Waals surface area contributed by atoms with E-state index in [1.807, 2.05) is 16.3 Å². The first-order valence-corrected chi connectivity index (χ1v) is 11.5. The second kappa shape index (κ2) is 9.63. The molecular weight excluding hydrogens is 374 g/mol. The molecule has 7 heteroatoms. The Morgan fingerprint density at radius 1 is 1.11 bits per heavy atom. The summed E-state index contributed by atoms with van der Waals surface area (Å²) in [6.45, 7) is 6.09. The highest BCUT2D eigenvalue weighted by Gasteiger charge is 2.26. The number of aromatic nitrogens is 1. The molecule has 154 valence electrons. The maximum absolute atomic E-state index is 13.0. The Kier molecular flexibility index (Phi) is 7.21. The second-order valence-corrected chi connectivity index (χ2v) is 9.44. The summed E-state index contributed by atoms with van der Waals surface area (Å²) in [5.41, 5.74) is -0.246. The number of nitrogens with zero attached hydrogens (tertiary/aromatic N) is 2. The quantitative estimate of drug-likeness (QED) is 0.818. The van der Waals surface area contributed by atoms with Crippen LogP contribution in [0, 0.1) is 5.92 Å². The molecular formula is C21H31N3O3S. The molecule has 28 heavy (non-hydrogen) atoms. The van der Waals surface area contributed by atoms with Crippen molar-refractivity contribution in [1.82, 2.24) is 14.8 Å². The van der Waals surface area contributed by atoms with E-state index in [9.17, 15) is 14.4 Å². The van der Waals surface area contributed by atoms with E-state index >= 15 is 0 Å². The number of hydrogen-bond acceptors (Lipinski definition) is 4. The molecule has 1 aromatic rings. The Morgan fingerprint density at radius 3 is 2.39 bits per heavy atom. The molecule has 3 rings (SSSR count). The minimum Gasteiger partial charge on any atom is -0.352 e. The molecule has 0 radical (unpaired) electrons. The van der Waals surface area contributed by atoms with Gasteiger partial charge in [-0.25, -0.2) is 0 Å². The lowest BCUT2D eigenvalue weighted by Gasteiger charge is -2.27. The van der Waals surface area contributed by atoms with E-state index in [-0.39, 0.29) is 29.0 Å². The molecule has 0 spiro atoms. The van der Waals surface area contributed by atoms with Crippen molar-refractivity contribution in [2.24, 2.45) is 5.92 Å². The number of nitrogens with one attached hydrogen (secondary N) is 1. The van der Waals surface area contributed by atoms with Crippen LogP contribution >= 0.6 is 11.8 Å². The smallest absolute Gasteiger partial charge is 0.259 e. The van der Waals surface area contributed by atoms with Crippen LogP contribution in [0.15, 0.2) is 17.2 Å². The maximum Gasteiger partial charge on any atom is 0.259 e. The lowest BCUT2D eigenvalue weighted by Crippen LogP contribution is -2.43. The SMILES string of the molecule is CC(C)Cn1cc(C(=O)NC2CCCCC2)c(=O)c(C(=O)N2CCSCC2)c1. The third-order valence-corrected chi connectivity index (χ3v) is 6.31. The highest BCUT2D eigenvalue weighted by Crippen LogP contribution is 2.18. The van der Waals surface area contributed by atoms with Gasteiger partial charge in [-0.1, -0.05) is 33.1 Å². The highest BCUT2D eigenvalue weighted by atomic mass is 32.2. The number of carbonyl (C=O) groups is 2. The monoisotopic (exact) mass is 405 g/mol. The van der Waals surface area contributed by atoms with E-state index in [2.05, 4.69) is 19.2 Å². The Labute approximate surface area is 171 Å². The van der Waals surface area contributed by atoms with Gasteiger partial charge in [0.15, 0.2) is 0 Å². The minimum atomic E-state index is -0.448. The summed E-state index contributed by atoms with van der Waals surface area (Å²) < 4.78 is 1.83. The standard InChI is InChI=1S/C21H31N3O3S/c1-15(2)12-23-13-17(20(26)22-16-6-4-3-5-7-16)19(25)18(14-23)21(27)24-8-10-28-11-9-24/h13-16H,3-12H2,1-2H3,(H,22,26). The van der Waals surface area contributed by atoms with Crippen molar-refractivity contribution in [2.75, 3.05) is 24.6 Å². The zero-order valence-electron chi connectivity index (χ0n) is 16.9. The zero-order chi connectivity index (χ0) is 20.1. The molecule has 0 unspecified atom stereocenters.